The number of aliphatic carboxylic acids is 1. The third-order valence-electron chi connectivity index (χ3n) is 3.89. The molecule has 1 aromatic rings. The third kappa shape index (κ3) is 5.76. The summed E-state index contributed by atoms with van der Waals surface area (Å²) in [5, 5.41) is 11.4. The molecular formula is C17H23NO4. The van der Waals surface area contributed by atoms with Gasteiger partial charge in [0, 0.05) is 18.5 Å². The number of carbonyl (C=O) groups excluding carboxylic acids is 1. The van der Waals surface area contributed by atoms with Gasteiger partial charge >= 0.3 is 5.97 Å². The third-order valence-corrected chi connectivity index (χ3v) is 3.89. The first-order valence-electron chi connectivity index (χ1n) is 7.88. The SMILES string of the molecule is O=C(O)CCCOc1ccc(NC(=O)CC2CCCC2)cc1. The molecule has 22 heavy (non-hydrogen) atoms. The van der Waals surface area contributed by atoms with Crippen LogP contribution in [0.25, 0.3) is 0 Å². The van der Waals surface area contributed by atoms with Crippen molar-refractivity contribution in [3.8, 4) is 5.75 Å². The molecule has 0 atom stereocenters. The summed E-state index contributed by atoms with van der Waals surface area (Å²) in [6.07, 6.45) is 6.00. The fraction of sp³-hybridized carbons (Fsp3) is 0.529. The topological polar surface area (TPSA) is 75.6 Å². The largest absolute Gasteiger partial charge is 0.494 e. The van der Waals surface area contributed by atoms with Gasteiger partial charge in [-0.2, -0.15) is 0 Å². The molecule has 5 nitrogen and oxygen atoms in total. The van der Waals surface area contributed by atoms with Crippen LogP contribution < -0.4 is 10.1 Å². The lowest BCUT2D eigenvalue weighted by Crippen LogP contribution is -2.15. The number of carboxylic acid groups (broad SMARTS) is 1. The van der Waals surface area contributed by atoms with Crippen molar-refractivity contribution >= 4 is 17.6 Å². The van der Waals surface area contributed by atoms with Crippen molar-refractivity contribution in [3.63, 3.8) is 0 Å². The Bertz CT molecular complexity index is 492. The van der Waals surface area contributed by atoms with E-state index >= 15 is 0 Å². The van der Waals surface area contributed by atoms with Gasteiger partial charge in [0.2, 0.25) is 5.91 Å². The summed E-state index contributed by atoms with van der Waals surface area (Å²) in [4.78, 5) is 22.3. The van der Waals surface area contributed by atoms with Gasteiger partial charge in [-0.3, -0.25) is 9.59 Å². The maximum atomic E-state index is 11.9. The standard InChI is InChI=1S/C17H23NO4/c19-16(12-13-4-1-2-5-13)18-14-7-9-15(10-8-14)22-11-3-6-17(20)21/h7-10,13H,1-6,11-12H2,(H,18,19)(H,20,21). The van der Waals surface area contributed by atoms with E-state index in [0.29, 0.717) is 31.1 Å². The zero-order valence-corrected chi connectivity index (χ0v) is 12.7. The highest BCUT2D eigenvalue weighted by atomic mass is 16.5. The molecule has 1 aliphatic rings. The zero-order valence-electron chi connectivity index (χ0n) is 12.7. The van der Waals surface area contributed by atoms with Crippen LogP contribution in [0.1, 0.15) is 44.9 Å². The van der Waals surface area contributed by atoms with Crippen molar-refractivity contribution in [1.29, 1.82) is 0 Å². The van der Waals surface area contributed by atoms with Crippen LogP contribution in [0.5, 0.6) is 5.75 Å². The van der Waals surface area contributed by atoms with Crippen molar-refractivity contribution in [2.75, 3.05) is 11.9 Å². The molecule has 0 heterocycles. The molecule has 1 amide bonds. The number of ether oxygens (including phenoxy) is 1. The van der Waals surface area contributed by atoms with Crippen molar-refractivity contribution < 1.29 is 19.4 Å². The lowest BCUT2D eigenvalue weighted by molar-refractivity contribution is -0.137. The van der Waals surface area contributed by atoms with Gasteiger partial charge in [-0.15, -0.1) is 0 Å². The van der Waals surface area contributed by atoms with Gasteiger partial charge in [0.1, 0.15) is 5.75 Å². The van der Waals surface area contributed by atoms with Crippen LogP contribution in [0.3, 0.4) is 0 Å². The molecule has 2 rings (SSSR count). The smallest absolute Gasteiger partial charge is 0.303 e. The van der Waals surface area contributed by atoms with E-state index in [1.165, 1.54) is 12.8 Å². The van der Waals surface area contributed by atoms with Crippen LogP contribution in [0, 0.1) is 5.92 Å². The molecule has 1 aromatic carbocycles. The van der Waals surface area contributed by atoms with Gasteiger partial charge in [-0.05, 0) is 49.4 Å². The summed E-state index contributed by atoms with van der Waals surface area (Å²) in [5.41, 5.74) is 0.765. The maximum absolute atomic E-state index is 11.9. The summed E-state index contributed by atoms with van der Waals surface area (Å²) in [6.45, 7) is 0.375. The summed E-state index contributed by atoms with van der Waals surface area (Å²) in [5.74, 6) is 0.474. The Kier molecular flexibility index (Phi) is 6.25. The van der Waals surface area contributed by atoms with Crippen LogP contribution in [0.2, 0.25) is 0 Å². The average molecular weight is 305 g/mol. The summed E-state index contributed by atoms with van der Waals surface area (Å²) in [6, 6.07) is 7.18. The normalized spacial score (nSPS) is 14.7. The molecule has 1 aliphatic carbocycles. The van der Waals surface area contributed by atoms with Gasteiger partial charge < -0.3 is 15.2 Å². The Morgan fingerprint density at radius 2 is 1.86 bits per heavy atom. The Balaban J connectivity index is 1.71. The number of amides is 1. The van der Waals surface area contributed by atoms with E-state index in [0.717, 1.165) is 18.5 Å². The lowest BCUT2D eigenvalue weighted by atomic mass is 10.0. The predicted molar refractivity (Wildman–Crippen MR) is 84.0 cm³/mol. The molecule has 1 fully saturated rings. The van der Waals surface area contributed by atoms with Crippen molar-refractivity contribution in [2.45, 2.75) is 44.9 Å². The van der Waals surface area contributed by atoms with Crippen LogP contribution in [-0.4, -0.2) is 23.6 Å². The molecule has 5 heteroatoms. The van der Waals surface area contributed by atoms with E-state index in [4.69, 9.17) is 9.84 Å². The van der Waals surface area contributed by atoms with E-state index < -0.39 is 5.97 Å². The lowest BCUT2D eigenvalue weighted by Gasteiger charge is -2.10. The Labute approximate surface area is 130 Å². The molecule has 0 aromatic heterocycles. The minimum atomic E-state index is -0.816. The average Bonchev–Trinajstić information content (AvgIpc) is 2.98. The Morgan fingerprint density at radius 1 is 1.18 bits per heavy atom. The Hall–Kier alpha value is -2.04. The highest BCUT2D eigenvalue weighted by Gasteiger charge is 2.18. The summed E-state index contributed by atoms with van der Waals surface area (Å²) >= 11 is 0. The molecule has 0 unspecified atom stereocenters. The van der Waals surface area contributed by atoms with Gasteiger partial charge in [0.05, 0.1) is 6.61 Å². The number of hydrogen-bond acceptors (Lipinski definition) is 3. The second-order valence-electron chi connectivity index (χ2n) is 5.77. The van der Waals surface area contributed by atoms with Crippen molar-refractivity contribution in [2.24, 2.45) is 5.92 Å². The van der Waals surface area contributed by atoms with Gasteiger partial charge in [0.25, 0.3) is 0 Å². The van der Waals surface area contributed by atoms with Gasteiger partial charge in [0.15, 0.2) is 0 Å². The first-order valence-corrected chi connectivity index (χ1v) is 7.88. The number of carboxylic acids is 1. The molecule has 0 bridgehead atoms. The first kappa shape index (κ1) is 16.3. The molecule has 0 saturated heterocycles. The summed E-state index contributed by atoms with van der Waals surface area (Å²) < 4.78 is 5.45. The van der Waals surface area contributed by atoms with Crippen molar-refractivity contribution in [3.05, 3.63) is 24.3 Å². The predicted octanol–water partition coefficient (Wildman–Crippen LogP) is 3.45. The molecule has 0 spiro atoms. The number of hydrogen-bond donors (Lipinski definition) is 2. The molecular weight excluding hydrogens is 282 g/mol. The van der Waals surface area contributed by atoms with Gasteiger partial charge in [-0.1, -0.05) is 12.8 Å². The van der Waals surface area contributed by atoms with E-state index in [-0.39, 0.29) is 12.3 Å². The molecule has 0 aliphatic heterocycles. The molecule has 2 N–H and O–H groups in total. The van der Waals surface area contributed by atoms with E-state index in [9.17, 15) is 9.59 Å². The van der Waals surface area contributed by atoms with Crippen LogP contribution >= 0.6 is 0 Å². The minimum absolute atomic E-state index is 0.0713. The minimum Gasteiger partial charge on any atom is -0.494 e. The monoisotopic (exact) mass is 305 g/mol. The number of carbonyl (C=O) groups is 2. The van der Waals surface area contributed by atoms with E-state index in [1.54, 1.807) is 24.3 Å². The molecule has 0 radical (unpaired) electrons. The second kappa shape index (κ2) is 8.41. The highest BCUT2D eigenvalue weighted by Crippen LogP contribution is 2.27. The van der Waals surface area contributed by atoms with Crippen LogP contribution in [-0.2, 0) is 9.59 Å². The van der Waals surface area contributed by atoms with Gasteiger partial charge in [-0.25, -0.2) is 0 Å². The van der Waals surface area contributed by atoms with Crippen molar-refractivity contribution in [1.82, 2.24) is 0 Å². The number of rotatable bonds is 8. The van der Waals surface area contributed by atoms with Crippen LogP contribution in [0.15, 0.2) is 24.3 Å². The second-order valence-corrected chi connectivity index (χ2v) is 5.77. The number of benzene rings is 1. The molecule has 1 saturated carbocycles. The fourth-order valence-corrected chi connectivity index (χ4v) is 2.74. The van der Waals surface area contributed by atoms with E-state index in [2.05, 4.69) is 5.32 Å². The highest BCUT2D eigenvalue weighted by molar-refractivity contribution is 5.90. The number of anilines is 1. The quantitative estimate of drug-likeness (QED) is 0.721. The van der Waals surface area contributed by atoms with Crippen LogP contribution in [0.4, 0.5) is 5.69 Å². The fourth-order valence-electron chi connectivity index (χ4n) is 2.74. The maximum Gasteiger partial charge on any atom is 0.303 e. The number of nitrogens with one attached hydrogen (secondary N) is 1. The Morgan fingerprint density at radius 3 is 2.50 bits per heavy atom. The zero-order chi connectivity index (χ0) is 15.8. The first-order chi connectivity index (χ1) is 10.6. The van der Waals surface area contributed by atoms with E-state index in [1.807, 2.05) is 0 Å². The summed E-state index contributed by atoms with van der Waals surface area (Å²) in [7, 11) is 0. The molecule has 120 valence electrons.